The molecule has 1 aliphatic carbocycles. The minimum absolute atomic E-state index is 0.0145. The van der Waals surface area contributed by atoms with Crippen molar-refractivity contribution < 1.29 is 32.7 Å². The number of nitrogens with zero attached hydrogens (tertiary/aromatic N) is 2. The van der Waals surface area contributed by atoms with E-state index in [4.69, 9.17) is 9.68 Å². The highest BCUT2D eigenvalue weighted by atomic mass is 19.2. The normalized spacial score (nSPS) is 15.8. The van der Waals surface area contributed by atoms with E-state index in [1.807, 2.05) is 12.1 Å². The predicted octanol–water partition coefficient (Wildman–Crippen LogP) is 3.64. The fraction of sp³-hybridized carbons (Fsp3) is 0.344. The summed E-state index contributed by atoms with van der Waals surface area (Å²) in [7, 11) is 3.00. The van der Waals surface area contributed by atoms with Gasteiger partial charge in [0.1, 0.15) is 17.9 Å². The maximum Gasteiger partial charge on any atom is 0.319 e. The average molecular weight is 623 g/mol. The molecule has 0 radical (unpaired) electrons. The minimum atomic E-state index is -1.44. The van der Waals surface area contributed by atoms with Gasteiger partial charge in [-0.2, -0.15) is 5.26 Å². The highest BCUT2D eigenvalue weighted by Crippen LogP contribution is 2.22. The van der Waals surface area contributed by atoms with Crippen LogP contribution in [0.5, 0.6) is 0 Å². The van der Waals surface area contributed by atoms with Gasteiger partial charge in [0.15, 0.2) is 17.4 Å². The fourth-order valence-electron chi connectivity index (χ4n) is 4.66. The van der Waals surface area contributed by atoms with Crippen LogP contribution in [0.1, 0.15) is 56.3 Å². The van der Waals surface area contributed by atoms with E-state index in [1.165, 1.54) is 25.3 Å². The van der Waals surface area contributed by atoms with Crippen molar-refractivity contribution in [2.24, 2.45) is 4.99 Å². The Kier molecular flexibility index (Phi) is 12.5. The maximum atomic E-state index is 13.9. The molecule has 3 amide bonds. The van der Waals surface area contributed by atoms with Crippen LogP contribution in [0.3, 0.4) is 0 Å². The molecular formula is C32H36F2N6O5. The number of hydrogen-bond donors (Lipinski definition) is 5. The number of allylic oxidation sites excluding steroid dienone is 5. The molecule has 0 saturated carbocycles. The lowest BCUT2D eigenvalue weighted by molar-refractivity contribution is -0.122. The van der Waals surface area contributed by atoms with Gasteiger partial charge in [-0.15, -0.1) is 0 Å². The summed E-state index contributed by atoms with van der Waals surface area (Å²) in [6.45, 7) is 3.50. The third-order valence-corrected chi connectivity index (χ3v) is 7.18. The lowest BCUT2D eigenvalue weighted by Crippen LogP contribution is -2.49. The van der Waals surface area contributed by atoms with Crippen LogP contribution in [-0.2, 0) is 16.1 Å². The van der Waals surface area contributed by atoms with Gasteiger partial charge in [-0.05, 0) is 73.7 Å². The molecule has 1 aromatic heterocycles. The first kappa shape index (κ1) is 34.6. The SMILES string of the molecule is CN=C(C1=CCCCC(=O)C(C(=O)NC)=C1)/C(C)=C(\C)NC(=O)N[C@H](CNCc1ccc(C#N)o1)[C@@H](O)c1ccc(F)c(F)c1. The van der Waals surface area contributed by atoms with Crippen molar-refractivity contribution in [3.8, 4) is 6.07 Å². The zero-order valence-corrected chi connectivity index (χ0v) is 25.5. The van der Waals surface area contributed by atoms with Gasteiger partial charge in [-0.3, -0.25) is 14.6 Å². The van der Waals surface area contributed by atoms with Crippen molar-refractivity contribution in [2.75, 3.05) is 20.6 Å². The third-order valence-electron chi connectivity index (χ3n) is 7.18. The summed E-state index contributed by atoms with van der Waals surface area (Å²) < 4.78 is 32.8. The number of urea groups is 1. The number of nitrogens with one attached hydrogen (secondary N) is 4. The molecular weight excluding hydrogens is 586 g/mol. The van der Waals surface area contributed by atoms with Gasteiger partial charge in [-0.25, -0.2) is 13.6 Å². The number of likely N-dealkylation sites (N-methyl/N-ethyl adjacent to an activating group) is 1. The molecule has 0 bridgehead atoms. The van der Waals surface area contributed by atoms with Crippen molar-refractivity contribution in [3.63, 3.8) is 0 Å². The summed E-state index contributed by atoms with van der Waals surface area (Å²) in [5, 5.41) is 30.9. The number of nitriles is 1. The molecule has 238 valence electrons. The predicted molar refractivity (Wildman–Crippen MR) is 163 cm³/mol. The van der Waals surface area contributed by atoms with Crippen molar-refractivity contribution in [3.05, 3.63) is 93.6 Å². The lowest BCUT2D eigenvalue weighted by atomic mass is 9.93. The van der Waals surface area contributed by atoms with Crippen LogP contribution >= 0.6 is 0 Å². The molecule has 13 heteroatoms. The topological polar surface area (TPSA) is 169 Å². The number of aliphatic imine (C=N–C) groups is 1. The molecule has 2 aromatic rings. The van der Waals surface area contributed by atoms with E-state index in [1.54, 1.807) is 27.0 Å². The van der Waals surface area contributed by atoms with Crippen molar-refractivity contribution >= 4 is 23.4 Å². The Hall–Kier alpha value is -4.93. The van der Waals surface area contributed by atoms with Gasteiger partial charge in [0.05, 0.1) is 23.9 Å². The Morgan fingerprint density at radius 2 is 1.93 bits per heavy atom. The first-order valence-electron chi connectivity index (χ1n) is 14.2. The molecule has 5 N–H and O–H groups in total. The highest BCUT2D eigenvalue weighted by Gasteiger charge is 2.25. The maximum absolute atomic E-state index is 13.9. The molecule has 1 heterocycles. The Morgan fingerprint density at radius 1 is 1.18 bits per heavy atom. The minimum Gasteiger partial charge on any atom is -0.449 e. The number of ketones is 1. The number of amides is 3. The summed E-state index contributed by atoms with van der Waals surface area (Å²) in [6, 6.07) is 6.21. The monoisotopic (exact) mass is 622 g/mol. The number of benzene rings is 1. The van der Waals surface area contributed by atoms with Gasteiger partial charge in [0.25, 0.3) is 5.91 Å². The largest absolute Gasteiger partial charge is 0.449 e. The zero-order chi connectivity index (χ0) is 33.1. The molecule has 3 rings (SSSR count). The Labute approximate surface area is 259 Å². The molecule has 45 heavy (non-hydrogen) atoms. The van der Waals surface area contributed by atoms with E-state index >= 15 is 0 Å². The number of aliphatic hydroxyl groups excluding tert-OH is 1. The Balaban J connectivity index is 1.81. The van der Waals surface area contributed by atoms with Gasteiger partial charge in [0.2, 0.25) is 5.76 Å². The fourth-order valence-corrected chi connectivity index (χ4v) is 4.66. The van der Waals surface area contributed by atoms with Crippen LogP contribution in [0.15, 0.2) is 74.3 Å². The number of furan rings is 1. The highest BCUT2D eigenvalue weighted by molar-refractivity contribution is 6.22. The molecule has 0 fully saturated rings. The molecule has 11 nitrogen and oxygen atoms in total. The number of carbonyl (C=O) groups is 3. The molecule has 0 saturated heterocycles. The quantitative estimate of drug-likeness (QED) is 0.188. The second-order valence-electron chi connectivity index (χ2n) is 10.3. The van der Waals surface area contributed by atoms with E-state index in [9.17, 15) is 28.3 Å². The van der Waals surface area contributed by atoms with E-state index in [2.05, 4.69) is 26.3 Å². The molecule has 1 aromatic carbocycles. The number of aliphatic hydroxyl groups is 1. The summed E-state index contributed by atoms with van der Waals surface area (Å²) in [5.41, 5.74) is 2.02. The molecule has 0 spiro atoms. The second-order valence-corrected chi connectivity index (χ2v) is 10.3. The summed E-state index contributed by atoms with van der Waals surface area (Å²) >= 11 is 0. The van der Waals surface area contributed by atoms with Crippen molar-refractivity contribution in [2.45, 2.75) is 51.8 Å². The van der Waals surface area contributed by atoms with Crippen LogP contribution in [0, 0.1) is 23.0 Å². The van der Waals surface area contributed by atoms with Gasteiger partial charge >= 0.3 is 6.03 Å². The second kappa shape index (κ2) is 16.2. The van der Waals surface area contributed by atoms with Gasteiger partial charge in [-0.1, -0.05) is 12.1 Å². The van der Waals surface area contributed by atoms with Gasteiger partial charge in [0, 0.05) is 32.8 Å². The van der Waals surface area contributed by atoms with E-state index in [-0.39, 0.29) is 42.2 Å². The standard InChI is InChI=1S/C32H36F2N6O5/c1-18(29(36-3)20-7-5-6-8-28(41)24(13-20)31(43)37-4)19(2)39-32(44)40-27(17-38-16-23-11-10-22(15-35)45-23)30(42)21-9-12-25(33)26(34)14-21/h7,9-14,27,30,38,42H,5-6,8,16-17H2,1-4H3,(H,37,43)(H2,39,40,44)/b19-18+,20-7?,24-13?,36-29?/t27-,30+/m1/s1. The Bertz CT molecular complexity index is 1600. The van der Waals surface area contributed by atoms with E-state index in [0.29, 0.717) is 41.2 Å². The zero-order valence-electron chi connectivity index (χ0n) is 25.5. The summed E-state index contributed by atoms with van der Waals surface area (Å²) in [6.07, 6.45) is 3.33. The summed E-state index contributed by atoms with van der Waals surface area (Å²) in [4.78, 5) is 42.5. The molecule has 1 aliphatic rings. The van der Waals surface area contributed by atoms with E-state index < -0.39 is 35.7 Å². The van der Waals surface area contributed by atoms with Crippen molar-refractivity contribution in [1.29, 1.82) is 5.26 Å². The number of carbonyl (C=O) groups excluding carboxylic acids is 3. The van der Waals surface area contributed by atoms with Crippen LogP contribution in [0.25, 0.3) is 0 Å². The number of halogens is 2. The molecule has 2 atom stereocenters. The number of hydrogen-bond acceptors (Lipinski definition) is 8. The lowest BCUT2D eigenvalue weighted by Gasteiger charge is -2.25. The van der Waals surface area contributed by atoms with Crippen molar-refractivity contribution in [1.82, 2.24) is 21.3 Å². The van der Waals surface area contributed by atoms with Crippen LogP contribution < -0.4 is 21.3 Å². The number of Topliss-reactive ketones (excluding diaryl/α,β-unsaturated/α-hetero) is 1. The van der Waals surface area contributed by atoms with Crippen LogP contribution in [0.2, 0.25) is 0 Å². The first-order chi connectivity index (χ1) is 21.5. The molecule has 0 aliphatic heterocycles. The summed E-state index contributed by atoms with van der Waals surface area (Å²) in [5.74, 6) is -2.45. The van der Waals surface area contributed by atoms with Crippen LogP contribution in [0.4, 0.5) is 13.6 Å². The number of rotatable bonds is 11. The first-order valence-corrected chi connectivity index (χ1v) is 14.2. The molecule has 0 unspecified atom stereocenters. The van der Waals surface area contributed by atoms with Gasteiger partial charge < -0.3 is 30.8 Å². The Morgan fingerprint density at radius 3 is 2.58 bits per heavy atom. The third kappa shape index (κ3) is 9.28. The average Bonchev–Trinajstić information content (AvgIpc) is 3.48. The smallest absolute Gasteiger partial charge is 0.319 e. The van der Waals surface area contributed by atoms with E-state index in [0.717, 1.165) is 12.1 Å². The van der Waals surface area contributed by atoms with Crippen LogP contribution in [-0.4, -0.2) is 55.2 Å².